The van der Waals surface area contributed by atoms with Gasteiger partial charge in [-0.3, -0.25) is 0 Å². The fraction of sp³-hybridized carbons (Fsp3) is 0.200. The molecule has 0 spiro atoms. The van der Waals surface area contributed by atoms with Crippen molar-refractivity contribution in [3.05, 3.63) is 65.8 Å². The zero-order valence-electron chi connectivity index (χ0n) is 9.75. The van der Waals surface area contributed by atoms with E-state index in [9.17, 15) is 0 Å². The fourth-order valence-corrected chi connectivity index (χ4v) is 1.46. The van der Waals surface area contributed by atoms with E-state index >= 15 is 0 Å². The highest BCUT2D eigenvalue weighted by Gasteiger charge is 1.97. The Morgan fingerprint density at radius 3 is 2.60 bits per heavy atom. The molecular formula is C15H18. The van der Waals surface area contributed by atoms with E-state index in [0.29, 0.717) is 0 Å². The van der Waals surface area contributed by atoms with Crippen molar-refractivity contribution in [1.29, 1.82) is 0 Å². The zero-order valence-corrected chi connectivity index (χ0v) is 9.75. The number of hydrogen-bond donors (Lipinski definition) is 0. The zero-order chi connectivity index (χ0) is 11.3. The quantitative estimate of drug-likeness (QED) is 0.626. The first-order valence-corrected chi connectivity index (χ1v) is 5.21. The second kappa shape index (κ2) is 5.35. The molecule has 1 aromatic carbocycles. The van der Waals surface area contributed by atoms with Crippen molar-refractivity contribution in [2.45, 2.75) is 20.8 Å². The van der Waals surface area contributed by atoms with Crippen LogP contribution in [0.1, 0.15) is 25.0 Å². The molecule has 0 radical (unpaired) electrons. The maximum atomic E-state index is 3.76. The van der Waals surface area contributed by atoms with Crippen LogP contribution in [0.3, 0.4) is 0 Å². The van der Waals surface area contributed by atoms with Crippen molar-refractivity contribution in [2.75, 3.05) is 0 Å². The molecule has 0 N–H and O–H groups in total. The average molecular weight is 198 g/mol. The third-order valence-electron chi connectivity index (χ3n) is 2.37. The van der Waals surface area contributed by atoms with Gasteiger partial charge in [0.1, 0.15) is 0 Å². The highest BCUT2D eigenvalue weighted by molar-refractivity contribution is 5.75. The summed E-state index contributed by atoms with van der Waals surface area (Å²) in [6, 6.07) is 8.53. The van der Waals surface area contributed by atoms with Gasteiger partial charge in [0.05, 0.1) is 0 Å². The van der Waals surface area contributed by atoms with Crippen LogP contribution in [0.2, 0.25) is 0 Å². The van der Waals surface area contributed by atoms with E-state index in [4.69, 9.17) is 0 Å². The van der Waals surface area contributed by atoms with Crippen molar-refractivity contribution >= 4 is 5.57 Å². The van der Waals surface area contributed by atoms with E-state index in [1.807, 2.05) is 6.08 Å². The van der Waals surface area contributed by atoms with Crippen molar-refractivity contribution in [3.8, 4) is 0 Å². The first kappa shape index (κ1) is 11.5. The minimum Gasteiger partial charge on any atom is -0.0988 e. The summed E-state index contributed by atoms with van der Waals surface area (Å²) in [4.78, 5) is 0. The highest BCUT2D eigenvalue weighted by Crippen LogP contribution is 2.18. The van der Waals surface area contributed by atoms with Gasteiger partial charge in [-0.15, -0.1) is 0 Å². The van der Waals surface area contributed by atoms with Gasteiger partial charge in [0.15, 0.2) is 0 Å². The maximum absolute atomic E-state index is 3.76. The van der Waals surface area contributed by atoms with E-state index in [1.54, 1.807) is 0 Å². The number of rotatable bonds is 3. The summed E-state index contributed by atoms with van der Waals surface area (Å²) in [5.74, 6) is 0. The van der Waals surface area contributed by atoms with Crippen LogP contribution in [0.4, 0.5) is 0 Å². The van der Waals surface area contributed by atoms with E-state index in [2.05, 4.69) is 63.8 Å². The number of allylic oxidation sites excluding steroid dienone is 5. The topological polar surface area (TPSA) is 0 Å². The predicted octanol–water partition coefficient (Wildman–Crippen LogP) is 4.53. The molecule has 1 rings (SSSR count). The Morgan fingerprint density at radius 1 is 1.33 bits per heavy atom. The van der Waals surface area contributed by atoms with Crippen molar-refractivity contribution in [2.24, 2.45) is 0 Å². The second-order valence-electron chi connectivity index (χ2n) is 3.71. The first-order valence-electron chi connectivity index (χ1n) is 5.21. The molecule has 0 saturated heterocycles. The Hall–Kier alpha value is -1.56. The summed E-state index contributed by atoms with van der Waals surface area (Å²) < 4.78 is 0. The lowest BCUT2D eigenvalue weighted by Gasteiger charge is -2.04. The molecule has 0 nitrogen and oxygen atoms in total. The van der Waals surface area contributed by atoms with Gasteiger partial charge in [0.2, 0.25) is 0 Å². The Morgan fingerprint density at radius 2 is 2.07 bits per heavy atom. The lowest BCUT2D eigenvalue weighted by atomic mass is 10.0. The molecule has 0 atom stereocenters. The molecule has 0 heterocycles. The summed E-state index contributed by atoms with van der Waals surface area (Å²) in [5, 5.41) is 0. The van der Waals surface area contributed by atoms with E-state index < -0.39 is 0 Å². The average Bonchev–Trinajstić information content (AvgIpc) is 2.25. The third kappa shape index (κ3) is 3.25. The van der Waals surface area contributed by atoms with Crippen LogP contribution < -0.4 is 0 Å². The molecule has 0 unspecified atom stereocenters. The molecule has 15 heavy (non-hydrogen) atoms. The Bertz CT molecular complexity index is 406. The largest absolute Gasteiger partial charge is 0.0988 e. The molecule has 1 aromatic rings. The molecule has 0 amide bonds. The molecule has 0 aromatic heterocycles. The van der Waals surface area contributed by atoms with Gasteiger partial charge in [-0.25, -0.2) is 0 Å². The molecule has 0 aliphatic heterocycles. The van der Waals surface area contributed by atoms with Gasteiger partial charge in [0.25, 0.3) is 0 Å². The van der Waals surface area contributed by atoms with Crippen LogP contribution >= 0.6 is 0 Å². The van der Waals surface area contributed by atoms with E-state index in [-0.39, 0.29) is 0 Å². The Kier molecular flexibility index (Phi) is 4.11. The van der Waals surface area contributed by atoms with Gasteiger partial charge in [-0.2, -0.15) is 0 Å². The summed E-state index contributed by atoms with van der Waals surface area (Å²) in [6.07, 6.45) is 6.16. The van der Waals surface area contributed by atoms with Crippen LogP contribution in [0.25, 0.3) is 5.57 Å². The Labute approximate surface area is 92.6 Å². The van der Waals surface area contributed by atoms with Gasteiger partial charge in [0, 0.05) is 0 Å². The highest BCUT2D eigenvalue weighted by atomic mass is 14.0. The van der Waals surface area contributed by atoms with Crippen LogP contribution in [-0.4, -0.2) is 0 Å². The fourth-order valence-electron chi connectivity index (χ4n) is 1.46. The number of hydrogen-bond acceptors (Lipinski definition) is 0. The monoisotopic (exact) mass is 198 g/mol. The smallest absolute Gasteiger partial charge is 0.0185 e. The molecular weight excluding hydrogens is 180 g/mol. The minimum absolute atomic E-state index is 1.18. The van der Waals surface area contributed by atoms with Crippen molar-refractivity contribution in [1.82, 2.24) is 0 Å². The molecule has 0 fully saturated rings. The molecule has 0 aliphatic carbocycles. The second-order valence-corrected chi connectivity index (χ2v) is 3.71. The van der Waals surface area contributed by atoms with Gasteiger partial charge in [-0.1, -0.05) is 60.2 Å². The standard InChI is InChI=1S/C15H18/c1-5-12(3)10-14(6-2)15-9-7-8-13(4)11-15/h5-11H,1H2,2-4H3/b12-10-,14-6+. The Balaban J connectivity index is 3.10. The van der Waals surface area contributed by atoms with Crippen LogP contribution in [-0.2, 0) is 0 Å². The number of aryl methyl sites for hydroxylation is 1. The summed E-state index contributed by atoms with van der Waals surface area (Å²) in [7, 11) is 0. The molecule has 0 saturated carbocycles. The van der Waals surface area contributed by atoms with Crippen LogP contribution in [0.15, 0.2) is 54.6 Å². The van der Waals surface area contributed by atoms with Gasteiger partial charge >= 0.3 is 0 Å². The van der Waals surface area contributed by atoms with Crippen molar-refractivity contribution < 1.29 is 0 Å². The van der Waals surface area contributed by atoms with Crippen molar-refractivity contribution in [3.63, 3.8) is 0 Å². The van der Waals surface area contributed by atoms with Crippen LogP contribution in [0, 0.1) is 6.92 Å². The van der Waals surface area contributed by atoms with E-state index in [0.717, 1.165) is 0 Å². The first-order chi connectivity index (χ1) is 7.17. The lowest BCUT2D eigenvalue weighted by molar-refractivity contribution is 1.44. The number of benzene rings is 1. The molecule has 0 aliphatic rings. The molecule has 0 heteroatoms. The molecule has 78 valence electrons. The third-order valence-corrected chi connectivity index (χ3v) is 2.37. The lowest BCUT2D eigenvalue weighted by Crippen LogP contribution is -1.83. The summed E-state index contributed by atoms with van der Waals surface area (Å²) >= 11 is 0. The predicted molar refractivity (Wildman–Crippen MR) is 68.8 cm³/mol. The van der Waals surface area contributed by atoms with Crippen LogP contribution in [0.5, 0.6) is 0 Å². The SMILES string of the molecule is C=C/C(C)=C\C(=C/C)c1cccc(C)c1. The summed E-state index contributed by atoms with van der Waals surface area (Å²) in [6.45, 7) is 10.00. The summed E-state index contributed by atoms with van der Waals surface area (Å²) in [5.41, 5.74) is 4.98. The minimum atomic E-state index is 1.18. The van der Waals surface area contributed by atoms with Gasteiger partial charge < -0.3 is 0 Å². The van der Waals surface area contributed by atoms with E-state index in [1.165, 1.54) is 22.3 Å². The van der Waals surface area contributed by atoms with Gasteiger partial charge in [-0.05, 0) is 31.9 Å². The maximum Gasteiger partial charge on any atom is -0.0185 e. The molecule has 0 bridgehead atoms. The normalized spacial score (nSPS) is 12.7.